The number of hydrogen-bond acceptors (Lipinski definition) is 3. The maximum atomic E-state index is 4.63. The van der Waals surface area contributed by atoms with Crippen LogP contribution in [0.3, 0.4) is 0 Å². The van der Waals surface area contributed by atoms with Gasteiger partial charge in [0.1, 0.15) is 0 Å². The Balaban J connectivity index is 2.01. The molecule has 21 heavy (non-hydrogen) atoms. The summed E-state index contributed by atoms with van der Waals surface area (Å²) in [6, 6.07) is 16.1. The summed E-state index contributed by atoms with van der Waals surface area (Å²) in [4.78, 5) is 4.63. The highest BCUT2D eigenvalue weighted by atomic mass is 79.9. The van der Waals surface area contributed by atoms with Gasteiger partial charge in [0.15, 0.2) is 5.16 Å². The van der Waals surface area contributed by atoms with Crippen LogP contribution < -0.4 is 0 Å². The molecule has 0 aliphatic carbocycles. The molecule has 0 radical (unpaired) electrons. The van der Waals surface area contributed by atoms with E-state index in [0.29, 0.717) is 0 Å². The first-order valence-electron chi connectivity index (χ1n) is 6.68. The molecule has 3 nitrogen and oxygen atoms in total. The third-order valence-corrected chi connectivity index (χ3v) is 4.31. The van der Waals surface area contributed by atoms with E-state index >= 15 is 0 Å². The molecule has 2 aromatic carbocycles. The average molecular weight is 360 g/mol. The highest BCUT2D eigenvalue weighted by molar-refractivity contribution is 9.10. The molecule has 0 aliphatic heterocycles. The van der Waals surface area contributed by atoms with Crippen LogP contribution in [0.1, 0.15) is 12.5 Å². The van der Waals surface area contributed by atoms with Gasteiger partial charge in [-0.3, -0.25) is 0 Å². The molecule has 1 heterocycles. The Bertz CT molecular complexity index is 778. The first-order valence-corrected chi connectivity index (χ1v) is 8.46. The molecule has 3 rings (SSSR count). The lowest BCUT2D eigenvalue weighted by atomic mass is 10.2. The number of nitrogens with zero attached hydrogens (tertiary/aromatic N) is 3. The van der Waals surface area contributed by atoms with Gasteiger partial charge in [-0.25, -0.2) is 9.66 Å². The van der Waals surface area contributed by atoms with Crippen molar-refractivity contribution in [3.05, 3.63) is 58.6 Å². The second-order valence-electron chi connectivity index (χ2n) is 4.42. The van der Waals surface area contributed by atoms with Crippen LogP contribution in [-0.4, -0.2) is 21.6 Å². The van der Waals surface area contributed by atoms with Crippen LogP contribution in [0.25, 0.3) is 11.0 Å². The molecule has 0 saturated carbocycles. The average Bonchev–Trinajstić information content (AvgIpc) is 2.85. The van der Waals surface area contributed by atoms with Gasteiger partial charge in [0.2, 0.25) is 0 Å². The summed E-state index contributed by atoms with van der Waals surface area (Å²) in [5.74, 6) is 0.969. The van der Waals surface area contributed by atoms with Gasteiger partial charge in [-0.15, -0.1) is 0 Å². The van der Waals surface area contributed by atoms with E-state index in [0.717, 1.165) is 32.0 Å². The van der Waals surface area contributed by atoms with E-state index in [4.69, 9.17) is 0 Å². The molecule has 5 heteroatoms. The monoisotopic (exact) mass is 359 g/mol. The van der Waals surface area contributed by atoms with E-state index in [1.807, 2.05) is 59.4 Å². The lowest BCUT2D eigenvalue weighted by Crippen LogP contribution is -1.93. The number of halogens is 1. The van der Waals surface area contributed by atoms with Crippen molar-refractivity contribution in [3.63, 3.8) is 0 Å². The SMILES string of the molecule is CCSc1nc2ccccc2n1N=Cc1ccc(Br)cc1. The Morgan fingerprint density at radius 3 is 2.71 bits per heavy atom. The number of rotatable bonds is 4. The lowest BCUT2D eigenvalue weighted by Gasteiger charge is -2.01. The van der Waals surface area contributed by atoms with Crippen molar-refractivity contribution in [2.75, 3.05) is 5.75 Å². The summed E-state index contributed by atoms with van der Waals surface area (Å²) in [5, 5.41) is 5.53. The van der Waals surface area contributed by atoms with Crippen LogP contribution in [-0.2, 0) is 0 Å². The van der Waals surface area contributed by atoms with Gasteiger partial charge in [0.25, 0.3) is 0 Å². The van der Waals surface area contributed by atoms with Crippen LogP contribution in [0.5, 0.6) is 0 Å². The Hall–Kier alpha value is -1.59. The molecule has 0 unspecified atom stereocenters. The fourth-order valence-corrected chi connectivity index (χ4v) is 2.95. The van der Waals surface area contributed by atoms with Crippen LogP contribution in [0.15, 0.2) is 63.3 Å². The minimum absolute atomic E-state index is 0.923. The van der Waals surface area contributed by atoms with E-state index in [2.05, 4.69) is 32.9 Å². The Morgan fingerprint density at radius 1 is 1.19 bits per heavy atom. The molecule has 106 valence electrons. The van der Waals surface area contributed by atoms with E-state index in [1.165, 1.54) is 0 Å². The maximum absolute atomic E-state index is 4.63. The van der Waals surface area contributed by atoms with Crippen LogP contribution in [0.2, 0.25) is 0 Å². The zero-order valence-corrected chi connectivity index (χ0v) is 13.9. The minimum atomic E-state index is 0.923. The molecule has 0 atom stereocenters. The van der Waals surface area contributed by atoms with Crippen molar-refractivity contribution >= 4 is 44.9 Å². The number of fused-ring (bicyclic) bond motifs is 1. The Kier molecular flexibility index (Phi) is 4.41. The fraction of sp³-hybridized carbons (Fsp3) is 0.125. The van der Waals surface area contributed by atoms with Gasteiger partial charge in [-0.2, -0.15) is 5.10 Å². The first kappa shape index (κ1) is 14.4. The third-order valence-electron chi connectivity index (χ3n) is 2.97. The number of para-hydroxylation sites is 2. The van der Waals surface area contributed by atoms with Crippen LogP contribution in [0, 0.1) is 0 Å². The molecule has 0 N–H and O–H groups in total. The van der Waals surface area contributed by atoms with Crippen molar-refractivity contribution in [2.45, 2.75) is 12.1 Å². The number of imidazole rings is 1. The highest BCUT2D eigenvalue weighted by Gasteiger charge is 2.08. The van der Waals surface area contributed by atoms with Gasteiger partial charge in [0, 0.05) is 4.47 Å². The maximum Gasteiger partial charge on any atom is 0.189 e. The van der Waals surface area contributed by atoms with Gasteiger partial charge < -0.3 is 0 Å². The van der Waals surface area contributed by atoms with Crippen molar-refractivity contribution in [3.8, 4) is 0 Å². The minimum Gasteiger partial charge on any atom is -0.221 e. The normalized spacial score (nSPS) is 11.5. The molecule has 0 saturated heterocycles. The van der Waals surface area contributed by atoms with E-state index in [9.17, 15) is 0 Å². The number of thioether (sulfide) groups is 1. The summed E-state index contributed by atoms with van der Waals surface area (Å²) < 4.78 is 2.97. The molecule has 1 aromatic heterocycles. The van der Waals surface area contributed by atoms with Crippen molar-refractivity contribution in [1.82, 2.24) is 9.66 Å². The highest BCUT2D eigenvalue weighted by Crippen LogP contribution is 2.23. The molecule has 3 aromatic rings. The van der Waals surface area contributed by atoms with E-state index in [1.54, 1.807) is 11.8 Å². The quantitative estimate of drug-likeness (QED) is 0.495. The van der Waals surface area contributed by atoms with Gasteiger partial charge in [-0.1, -0.05) is 58.9 Å². The second kappa shape index (κ2) is 6.45. The molecular weight excluding hydrogens is 346 g/mol. The summed E-state index contributed by atoms with van der Waals surface area (Å²) in [6.45, 7) is 2.12. The zero-order valence-electron chi connectivity index (χ0n) is 11.5. The van der Waals surface area contributed by atoms with Crippen molar-refractivity contribution in [1.29, 1.82) is 0 Å². The lowest BCUT2D eigenvalue weighted by molar-refractivity contribution is 0.793. The summed E-state index contributed by atoms with van der Waals surface area (Å²) in [5.41, 5.74) is 3.06. The summed E-state index contributed by atoms with van der Waals surface area (Å²) in [7, 11) is 0. The van der Waals surface area contributed by atoms with Gasteiger partial charge >= 0.3 is 0 Å². The van der Waals surface area contributed by atoms with Crippen molar-refractivity contribution < 1.29 is 0 Å². The molecule has 0 spiro atoms. The largest absolute Gasteiger partial charge is 0.221 e. The standard InChI is InChI=1S/C16H14BrN3S/c1-2-21-16-19-14-5-3-4-6-15(14)20(16)18-11-12-7-9-13(17)10-8-12/h3-11H,2H2,1H3. The van der Waals surface area contributed by atoms with Crippen molar-refractivity contribution in [2.24, 2.45) is 5.10 Å². The summed E-state index contributed by atoms with van der Waals surface area (Å²) >= 11 is 5.13. The van der Waals surface area contributed by atoms with Gasteiger partial charge in [-0.05, 0) is 35.6 Å². The van der Waals surface area contributed by atoms with Gasteiger partial charge in [0.05, 0.1) is 17.2 Å². The Labute approximate surface area is 136 Å². The Morgan fingerprint density at radius 2 is 1.95 bits per heavy atom. The topological polar surface area (TPSA) is 30.2 Å². The smallest absolute Gasteiger partial charge is 0.189 e. The molecular formula is C16H14BrN3S. The van der Waals surface area contributed by atoms with Crippen LogP contribution >= 0.6 is 27.7 Å². The second-order valence-corrected chi connectivity index (χ2v) is 6.57. The molecule has 0 bridgehead atoms. The first-order chi connectivity index (χ1) is 10.3. The predicted octanol–water partition coefficient (Wildman–Crippen LogP) is 4.79. The molecule has 0 fully saturated rings. The molecule has 0 aliphatic rings. The number of hydrogen-bond donors (Lipinski definition) is 0. The molecule has 0 amide bonds. The third kappa shape index (κ3) is 3.19. The van der Waals surface area contributed by atoms with E-state index in [-0.39, 0.29) is 0 Å². The number of benzene rings is 2. The fourth-order valence-electron chi connectivity index (χ4n) is 2.00. The van der Waals surface area contributed by atoms with Crippen LogP contribution in [0.4, 0.5) is 0 Å². The summed E-state index contributed by atoms with van der Waals surface area (Å²) in [6.07, 6.45) is 1.86. The predicted molar refractivity (Wildman–Crippen MR) is 93.3 cm³/mol. The number of aromatic nitrogens is 2. The zero-order chi connectivity index (χ0) is 14.7. The van der Waals surface area contributed by atoms with E-state index < -0.39 is 0 Å².